The largest absolute Gasteiger partial charge is 0.355 e. The van der Waals surface area contributed by atoms with Crippen molar-refractivity contribution < 1.29 is 9.18 Å². The number of halogens is 2. The SMILES string of the molecule is O=C(Nc1ccc(-c2ccc(N3CCCC3)nn2)cc1)c1c(F)cccc1Cl. The van der Waals surface area contributed by atoms with Crippen LogP contribution in [0.1, 0.15) is 23.2 Å². The van der Waals surface area contributed by atoms with Gasteiger partial charge in [0.25, 0.3) is 5.91 Å². The van der Waals surface area contributed by atoms with Crippen molar-refractivity contribution in [1.29, 1.82) is 0 Å². The molecule has 7 heteroatoms. The summed E-state index contributed by atoms with van der Waals surface area (Å²) in [6, 6.07) is 15.2. The molecule has 2 heterocycles. The number of nitrogens with zero attached hydrogens (tertiary/aromatic N) is 3. The number of anilines is 2. The lowest BCUT2D eigenvalue weighted by Gasteiger charge is -2.15. The van der Waals surface area contributed by atoms with Gasteiger partial charge in [-0.1, -0.05) is 29.8 Å². The molecule has 2 aromatic carbocycles. The van der Waals surface area contributed by atoms with Crippen molar-refractivity contribution in [3.05, 3.63) is 71.0 Å². The lowest BCUT2D eigenvalue weighted by atomic mass is 10.1. The van der Waals surface area contributed by atoms with Crippen molar-refractivity contribution in [2.75, 3.05) is 23.3 Å². The second-order valence-corrected chi connectivity index (χ2v) is 7.01. The van der Waals surface area contributed by atoms with E-state index in [1.54, 1.807) is 12.1 Å². The molecule has 0 atom stereocenters. The van der Waals surface area contributed by atoms with Gasteiger partial charge >= 0.3 is 0 Å². The van der Waals surface area contributed by atoms with E-state index in [9.17, 15) is 9.18 Å². The third-order valence-corrected chi connectivity index (χ3v) is 5.02. The van der Waals surface area contributed by atoms with E-state index in [2.05, 4.69) is 20.4 Å². The number of hydrogen-bond donors (Lipinski definition) is 1. The number of rotatable bonds is 4. The summed E-state index contributed by atoms with van der Waals surface area (Å²) in [6.45, 7) is 2.04. The van der Waals surface area contributed by atoms with Gasteiger partial charge in [-0.2, -0.15) is 0 Å². The maximum Gasteiger partial charge on any atom is 0.260 e. The maximum atomic E-state index is 13.9. The van der Waals surface area contributed by atoms with Crippen LogP contribution < -0.4 is 10.2 Å². The molecule has 1 N–H and O–H groups in total. The molecule has 0 aliphatic carbocycles. The second-order valence-electron chi connectivity index (χ2n) is 6.60. The Morgan fingerprint density at radius 3 is 2.39 bits per heavy atom. The summed E-state index contributed by atoms with van der Waals surface area (Å²) >= 11 is 5.94. The van der Waals surface area contributed by atoms with Gasteiger partial charge in [0, 0.05) is 24.3 Å². The molecule has 1 amide bonds. The van der Waals surface area contributed by atoms with Crippen molar-refractivity contribution in [1.82, 2.24) is 10.2 Å². The van der Waals surface area contributed by atoms with Crippen molar-refractivity contribution in [2.45, 2.75) is 12.8 Å². The number of amides is 1. The van der Waals surface area contributed by atoms with E-state index in [-0.39, 0.29) is 10.6 Å². The summed E-state index contributed by atoms with van der Waals surface area (Å²) in [6.07, 6.45) is 2.38. The van der Waals surface area contributed by atoms with Crippen LogP contribution >= 0.6 is 11.6 Å². The number of benzene rings is 2. The Balaban J connectivity index is 1.47. The highest BCUT2D eigenvalue weighted by molar-refractivity contribution is 6.34. The van der Waals surface area contributed by atoms with Crippen LogP contribution in [0.3, 0.4) is 0 Å². The minimum Gasteiger partial charge on any atom is -0.355 e. The number of aromatic nitrogens is 2. The van der Waals surface area contributed by atoms with Crippen LogP contribution in [0.4, 0.5) is 15.9 Å². The van der Waals surface area contributed by atoms with Crippen LogP contribution in [0.15, 0.2) is 54.6 Å². The van der Waals surface area contributed by atoms with Crippen molar-refractivity contribution in [3.8, 4) is 11.3 Å². The zero-order valence-corrected chi connectivity index (χ0v) is 15.8. The van der Waals surface area contributed by atoms with Crippen molar-refractivity contribution in [3.63, 3.8) is 0 Å². The van der Waals surface area contributed by atoms with Crippen LogP contribution in [0, 0.1) is 5.82 Å². The van der Waals surface area contributed by atoms with Crippen molar-refractivity contribution >= 4 is 29.0 Å². The third kappa shape index (κ3) is 3.82. The lowest BCUT2D eigenvalue weighted by molar-refractivity contribution is 0.102. The number of nitrogens with one attached hydrogen (secondary N) is 1. The smallest absolute Gasteiger partial charge is 0.260 e. The summed E-state index contributed by atoms with van der Waals surface area (Å²) in [5.74, 6) is -0.354. The predicted molar refractivity (Wildman–Crippen MR) is 108 cm³/mol. The van der Waals surface area contributed by atoms with Gasteiger partial charge in [0.15, 0.2) is 5.82 Å². The molecule has 1 aromatic heterocycles. The number of carbonyl (C=O) groups is 1. The first-order valence-corrected chi connectivity index (χ1v) is 9.44. The molecule has 0 saturated carbocycles. The van der Waals surface area contributed by atoms with Gasteiger partial charge in [-0.3, -0.25) is 4.79 Å². The maximum absolute atomic E-state index is 13.9. The minimum atomic E-state index is -0.657. The highest BCUT2D eigenvalue weighted by Crippen LogP contribution is 2.24. The summed E-state index contributed by atoms with van der Waals surface area (Å²) in [5.41, 5.74) is 1.99. The Morgan fingerprint density at radius 2 is 1.75 bits per heavy atom. The molecule has 4 rings (SSSR count). The van der Waals surface area contributed by atoms with Crippen LogP contribution in [0.5, 0.6) is 0 Å². The fraction of sp³-hybridized carbons (Fsp3) is 0.190. The third-order valence-electron chi connectivity index (χ3n) is 4.71. The molecule has 0 spiro atoms. The van der Waals surface area contributed by atoms with E-state index >= 15 is 0 Å². The van der Waals surface area contributed by atoms with Gasteiger partial charge in [0.1, 0.15) is 5.82 Å². The zero-order valence-electron chi connectivity index (χ0n) is 15.0. The zero-order chi connectivity index (χ0) is 19.5. The van der Waals surface area contributed by atoms with Crippen LogP contribution in [0.2, 0.25) is 5.02 Å². The molecule has 1 aliphatic rings. The molecule has 1 saturated heterocycles. The molecule has 0 bridgehead atoms. The molecule has 0 unspecified atom stereocenters. The fourth-order valence-electron chi connectivity index (χ4n) is 3.23. The van der Waals surface area contributed by atoms with E-state index in [1.165, 1.54) is 31.0 Å². The Hall–Kier alpha value is -2.99. The highest BCUT2D eigenvalue weighted by atomic mass is 35.5. The lowest BCUT2D eigenvalue weighted by Crippen LogP contribution is -2.19. The molecular formula is C21H18ClFN4O. The van der Waals surface area contributed by atoms with Crippen LogP contribution in [-0.4, -0.2) is 29.2 Å². The Labute approximate surface area is 167 Å². The highest BCUT2D eigenvalue weighted by Gasteiger charge is 2.16. The average molecular weight is 397 g/mol. The van der Waals surface area contributed by atoms with E-state index in [0.29, 0.717) is 5.69 Å². The van der Waals surface area contributed by atoms with Gasteiger partial charge in [-0.25, -0.2) is 4.39 Å². The molecule has 1 fully saturated rings. The minimum absolute atomic E-state index is 0.0717. The van der Waals surface area contributed by atoms with Gasteiger partial charge in [-0.15, -0.1) is 10.2 Å². The summed E-state index contributed by atoms with van der Waals surface area (Å²) in [5, 5.41) is 11.4. The summed E-state index contributed by atoms with van der Waals surface area (Å²) < 4.78 is 13.9. The topological polar surface area (TPSA) is 58.1 Å². The van der Waals surface area contributed by atoms with Crippen LogP contribution in [0.25, 0.3) is 11.3 Å². The molecule has 28 heavy (non-hydrogen) atoms. The number of carbonyl (C=O) groups excluding carboxylic acids is 1. The van der Waals surface area contributed by atoms with E-state index < -0.39 is 11.7 Å². The fourth-order valence-corrected chi connectivity index (χ4v) is 3.48. The second kappa shape index (κ2) is 7.94. The molecule has 1 aliphatic heterocycles. The summed E-state index contributed by atoms with van der Waals surface area (Å²) in [4.78, 5) is 14.5. The van der Waals surface area contributed by atoms with E-state index in [1.807, 2.05) is 24.3 Å². The monoisotopic (exact) mass is 396 g/mol. The Bertz CT molecular complexity index is 966. The molecular weight excluding hydrogens is 379 g/mol. The Kier molecular flexibility index (Phi) is 5.21. The quantitative estimate of drug-likeness (QED) is 0.689. The molecule has 0 radical (unpaired) electrons. The first-order valence-electron chi connectivity index (χ1n) is 9.06. The summed E-state index contributed by atoms with van der Waals surface area (Å²) in [7, 11) is 0. The van der Waals surface area contributed by atoms with E-state index in [4.69, 9.17) is 11.6 Å². The van der Waals surface area contributed by atoms with Crippen LogP contribution in [-0.2, 0) is 0 Å². The molecule has 142 valence electrons. The predicted octanol–water partition coefficient (Wildman–Crippen LogP) is 4.79. The van der Waals surface area contributed by atoms with E-state index in [0.717, 1.165) is 30.2 Å². The standard InChI is InChI=1S/C21H18ClFN4O/c22-16-4-3-5-17(23)20(16)21(28)24-15-8-6-14(7-9-15)18-10-11-19(26-25-18)27-12-1-2-13-27/h3-11H,1-2,12-13H2,(H,24,28). The molecule has 5 nitrogen and oxygen atoms in total. The van der Waals surface area contributed by atoms with Gasteiger partial charge < -0.3 is 10.2 Å². The first kappa shape index (κ1) is 18.4. The number of hydrogen-bond acceptors (Lipinski definition) is 4. The Morgan fingerprint density at radius 1 is 1.00 bits per heavy atom. The molecule has 3 aromatic rings. The van der Waals surface area contributed by atoms with Gasteiger partial charge in [0.05, 0.1) is 16.3 Å². The van der Waals surface area contributed by atoms with Gasteiger partial charge in [-0.05, 0) is 49.2 Å². The van der Waals surface area contributed by atoms with Gasteiger partial charge in [0.2, 0.25) is 0 Å². The normalized spacial score (nSPS) is 13.6. The average Bonchev–Trinajstić information content (AvgIpc) is 3.23. The first-order chi connectivity index (χ1) is 13.6. The van der Waals surface area contributed by atoms with Crippen molar-refractivity contribution in [2.24, 2.45) is 0 Å².